The van der Waals surface area contributed by atoms with Crippen LogP contribution in [0, 0.1) is 0 Å². The molecule has 0 unspecified atom stereocenters. The minimum atomic E-state index is -2.90. The number of hydrogen-bond donors (Lipinski definition) is 1. The number of imide groups is 1. The molecule has 120 valence electrons. The molecule has 1 saturated heterocycles. The van der Waals surface area contributed by atoms with E-state index in [2.05, 4.69) is 10.1 Å². The van der Waals surface area contributed by atoms with Gasteiger partial charge in [-0.15, -0.1) is 0 Å². The third-order valence-electron chi connectivity index (χ3n) is 3.27. The van der Waals surface area contributed by atoms with Crippen LogP contribution in [0.5, 0.6) is 5.75 Å². The van der Waals surface area contributed by atoms with E-state index in [-0.39, 0.29) is 18.9 Å². The molecule has 1 atom stereocenters. The summed E-state index contributed by atoms with van der Waals surface area (Å²) in [4.78, 5) is 25.2. The van der Waals surface area contributed by atoms with Crippen molar-refractivity contribution < 1.29 is 27.8 Å². The summed E-state index contributed by atoms with van der Waals surface area (Å²) in [6.45, 7) is -1.21. The highest BCUT2D eigenvalue weighted by atomic mass is 19.3. The van der Waals surface area contributed by atoms with E-state index in [1.165, 1.54) is 31.4 Å². The highest BCUT2D eigenvalue weighted by Gasteiger charge is 2.47. The number of carbonyl (C=O) groups is 2. The van der Waals surface area contributed by atoms with Crippen molar-refractivity contribution in [3.8, 4) is 5.75 Å². The van der Waals surface area contributed by atoms with Crippen molar-refractivity contribution in [3.63, 3.8) is 0 Å². The molecule has 0 bridgehead atoms. The van der Waals surface area contributed by atoms with Crippen molar-refractivity contribution in [1.29, 1.82) is 0 Å². The zero-order valence-electron chi connectivity index (χ0n) is 12.1. The fourth-order valence-electron chi connectivity index (χ4n) is 2.24. The Morgan fingerprint density at radius 1 is 1.27 bits per heavy atom. The van der Waals surface area contributed by atoms with Crippen molar-refractivity contribution in [2.45, 2.75) is 25.6 Å². The molecule has 0 aromatic heterocycles. The van der Waals surface area contributed by atoms with Crippen LogP contribution in [0.25, 0.3) is 0 Å². The van der Waals surface area contributed by atoms with Gasteiger partial charge >= 0.3 is 12.6 Å². The van der Waals surface area contributed by atoms with E-state index in [0.29, 0.717) is 5.56 Å². The normalized spacial score (nSPS) is 21.4. The van der Waals surface area contributed by atoms with Crippen LogP contribution in [0.3, 0.4) is 0 Å². The lowest BCUT2D eigenvalue weighted by molar-refractivity contribution is -0.132. The number of urea groups is 1. The zero-order valence-corrected chi connectivity index (χ0v) is 12.1. The molecule has 3 amide bonds. The number of carbonyl (C=O) groups excluding carboxylic acids is 2. The van der Waals surface area contributed by atoms with Crippen LogP contribution < -0.4 is 10.1 Å². The largest absolute Gasteiger partial charge is 0.435 e. The van der Waals surface area contributed by atoms with Gasteiger partial charge in [-0.3, -0.25) is 9.69 Å². The molecule has 2 rings (SSSR count). The van der Waals surface area contributed by atoms with Crippen molar-refractivity contribution in [3.05, 3.63) is 29.8 Å². The number of amides is 3. The molecule has 1 aromatic rings. The summed E-state index contributed by atoms with van der Waals surface area (Å²) < 4.78 is 33.3. The summed E-state index contributed by atoms with van der Waals surface area (Å²) >= 11 is 0. The Bertz CT molecular complexity index is 564. The molecule has 22 heavy (non-hydrogen) atoms. The number of ether oxygens (including phenoxy) is 2. The summed E-state index contributed by atoms with van der Waals surface area (Å²) in [6.07, 6.45) is 0. The van der Waals surface area contributed by atoms with E-state index in [1.807, 2.05) is 0 Å². The number of halogens is 2. The second-order valence-corrected chi connectivity index (χ2v) is 5.11. The summed E-state index contributed by atoms with van der Waals surface area (Å²) in [7, 11) is 1.44. The number of nitrogens with zero attached hydrogens (tertiary/aromatic N) is 1. The molecule has 0 aliphatic carbocycles. The first-order valence-electron chi connectivity index (χ1n) is 6.52. The Morgan fingerprint density at radius 2 is 1.91 bits per heavy atom. The molecule has 6 nitrogen and oxygen atoms in total. The number of hydrogen-bond acceptors (Lipinski definition) is 4. The number of methoxy groups -OCH3 is 1. The van der Waals surface area contributed by atoms with Gasteiger partial charge in [-0.2, -0.15) is 8.78 Å². The number of rotatable bonds is 6. The van der Waals surface area contributed by atoms with Gasteiger partial charge in [0.15, 0.2) is 0 Å². The Balaban J connectivity index is 2.07. The van der Waals surface area contributed by atoms with Gasteiger partial charge in [0, 0.05) is 7.11 Å². The maximum absolute atomic E-state index is 12.3. The quantitative estimate of drug-likeness (QED) is 0.812. The standard InChI is InChI=1S/C14H16F2N2O4/c1-14(8-21-2)11(19)18(13(20)17-14)7-9-3-5-10(6-4-9)22-12(15)16/h3-6,12H,7-8H2,1-2H3,(H,17,20)/t14-/m1/s1. The Labute approximate surface area is 126 Å². The molecular weight excluding hydrogens is 298 g/mol. The Hall–Kier alpha value is -2.22. The molecule has 0 saturated carbocycles. The summed E-state index contributed by atoms with van der Waals surface area (Å²) in [5.41, 5.74) is -0.475. The smallest absolute Gasteiger partial charge is 0.387 e. The summed E-state index contributed by atoms with van der Waals surface area (Å²) in [6, 6.07) is 5.23. The third kappa shape index (κ3) is 3.33. The fraction of sp³-hybridized carbons (Fsp3) is 0.429. The lowest BCUT2D eigenvalue weighted by Crippen LogP contribution is -2.47. The van der Waals surface area contributed by atoms with Crippen molar-refractivity contribution in [2.75, 3.05) is 13.7 Å². The number of alkyl halides is 2. The van der Waals surface area contributed by atoms with Crippen molar-refractivity contribution in [2.24, 2.45) is 0 Å². The molecule has 0 radical (unpaired) electrons. The molecule has 1 N–H and O–H groups in total. The number of benzene rings is 1. The van der Waals surface area contributed by atoms with Gasteiger partial charge < -0.3 is 14.8 Å². The molecule has 1 aliphatic heterocycles. The first kappa shape index (κ1) is 16.2. The van der Waals surface area contributed by atoms with Gasteiger partial charge in [-0.25, -0.2) is 4.79 Å². The average Bonchev–Trinajstić information content (AvgIpc) is 2.64. The van der Waals surface area contributed by atoms with Gasteiger partial charge in [0.25, 0.3) is 5.91 Å². The monoisotopic (exact) mass is 314 g/mol. The second kappa shape index (κ2) is 6.27. The number of nitrogens with one attached hydrogen (secondary N) is 1. The Kier molecular flexibility index (Phi) is 4.60. The minimum Gasteiger partial charge on any atom is -0.435 e. The van der Waals surface area contributed by atoms with Gasteiger partial charge in [-0.05, 0) is 24.6 Å². The van der Waals surface area contributed by atoms with Gasteiger partial charge in [-0.1, -0.05) is 12.1 Å². The van der Waals surface area contributed by atoms with E-state index < -0.39 is 24.1 Å². The summed E-state index contributed by atoms with van der Waals surface area (Å²) in [5.74, 6) is -0.382. The van der Waals surface area contributed by atoms with E-state index in [9.17, 15) is 18.4 Å². The molecule has 8 heteroatoms. The van der Waals surface area contributed by atoms with Crippen LogP contribution in [0.2, 0.25) is 0 Å². The molecule has 1 fully saturated rings. The molecule has 1 aromatic carbocycles. The van der Waals surface area contributed by atoms with E-state index in [1.54, 1.807) is 6.92 Å². The molecular formula is C14H16F2N2O4. The SMILES string of the molecule is COC[C@@]1(C)NC(=O)N(Cc2ccc(OC(F)F)cc2)C1=O. The van der Waals surface area contributed by atoms with Gasteiger partial charge in [0.05, 0.1) is 13.2 Å². The zero-order chi connectivity index (χ0) is 16.3. The highest BCUT2D eigenvalue weighted by Crippen LogP contribution is 2.21. The van der Waals surface area contributed by atoms with Crippen LogP contribution in [-0.4, -0.2) is 42.7 Å². The highest BCUT2D eigenvalue weighted by molar-refractivity contribution is 6.06. The predicted octanol–water partition coefficient (Wildman–Crippen LogP) is 1.74. The van der Waals surface area contributed by atoms with Crippen LogP contribution in [0.15, 0.2) is 24.3 Å². The minimum absolute atomic E-state index is 0.0140. The summed E-state index contributed by atoms with van der Waals surface area (Å²) in [5, 5.41) is 2.58. The van der Waals surface area contributed by atoms with E-state index >= 15 is 0 Å². The second-order valence-electron chi connectivity index (χ2n) is 5.11. The fourth-order valence-corrected chi connectivity index (χ4v) is 2.24. The van der Waals surface area contributed by atoms with Crippen molar-refractivity contribution in [1.82, 2.24) is 10.2 Å². The molecule has 1 aliphatic rings. The first-order valence-corrected chi connectivity index (χ1v) is 6.52. The topological polar surface area (TPSA) is 67.9 Å². The third-order valence-corrected chi connectivity index (χ3v) is 3.27. The average molecular weight is 314 g/mol. The van der Waals surface area contributed by atoms with E-state index in [0.717, 1.165) is 4.90 Å². The van der Waals surface area contributed by atoms with Gasteiger partial charge in [0.1, 0.15) is 11.3 Å². The van der Waals surface area contributed by atoms with E-state index in [4.69, 9.17) is 4.74 Å². The lowest BCUT2D eigenvalue weighted by atomic mass is 10.0. The molecule has 0 spiro atoms. The molecule has 1 heterocycles. The first-order chi connectivity index (χ1) is 10.4. The van der Waals surface area contributed by atoms with Crippen LogP contribution >= 0.6 is 0 Å². The lowest BCUT2D eigenvalue weighted by Gasteiger charge is -2.20. The maximum atomic E-state index is 12.3. The van der Waals surface area contributed by atoms with Crippen LogP contribution in [0.1, 0.15) is 12.5 Å². The maximum Gasteiger partial charge on any atom is 0.387 e. The van der Waals surface area contributed by atoms with Gasteiger partial charge in [0.2, 0.25) is 0 Å². The Morgan fingerprint density at radius 3 is 2.45 bits per heavy atom. The predicted molar refractivity (Wildman–Crippen MR) is 72.4 cm³/mol. The van der Waals surface area contributed by atoms with Crippen molar-refractivity contribution >= 4 is 11.9 Å². The van der Waals surface area contributed by atoms with Crippen LogP contribution in [0.4, 0.5) is 13.6 Å². The van der Waals surface area contributed by atoms with Crippen LogP contribution in [-0.2, 0) is 16.1 Å².